The molecule has 0 spiro atoms. The number of aryl methyl sites for hydroxylation is 1. The van der Waals surface area contributed by atoms with Gasteiger partial charge in [0.15, 0.2) is 0 Å². The summed E-state index contributed by atoms with van der Waals surface area (Å²) in [6.45, 7) is 6.72. The number of nitrogens with zero attached hydrogens (tertiary/aromatic N) is 2. The van der Waals surface area contributed by atoms with Gasteiger partial charge in [0.05, 0.1) is 0 Å². The summed E-state index contributed by atoms with van der Waals surface area (Å²) in [5.74, 6) is 0. The van der Waals surface area contributed by atoms with Crippen molar-refractivity contribution in [2.24, 2.45) is 0 Å². The number of aldehydes is 1. The summed E-state index contributed by atoms with van der Waals surface area (Å²) in [5, 5.41) is 0. The van der Waals surface area contributed by atoms with Gasteiger partial charge in [-0.2, -0.15) is 0 Å². The van der Waals surface area contributed by atoms with Gasteiger partial charge in [0.2, 0.25) is 0 Å². The largest absolute Gasteiger partial charge is 0.369 e. The van der Waals surface area contributed by atoms with E-state index in [0.717, 1.165) is 36.5 Å². The SMILES string of the molecule is Cc1cc(N2CCN3CCCC3C2)ccc1C=O. The van der Waals surface area contributed by atoms with E-state index in [0.29, 0.717) is 0 Å². The molecule has 0 saturated carbocycles. The number of carbonyl (C=O) groups excluding carboxylic acids is 1. The van der Waals surface area contributed by atoms with Crippen LogP contribution in [0.1, 0.15) is 28.8 Å². The van der Waals surface area contributed by atoms with E-state index < -0.39 is 0 Å². The average Bonchev–Trinajstić information content (AvgIpc) is 2.85. The number of rotatable bonds is 2. The third kappa shape index (κ3) is 2.03. The highest BCUT2D eigenvalue weighted by atomic mass is 16.1. The smallest absolute Gasteiger partial charge is 0.150 e. The van der Waals surface area contributed by atoms with Crippen LogP contribution in [-0.4, -0.2) is 43.4 Å². The van der Waals surface area contributed by atoms with E-state index in [1.807, 2.05) is 13.0 Å². The fraction of sp³-hybridized carbons (Fsp3) is 0.533. The molecule has 96 valence electrons. The Morgan fingerprint density at radius 3 is 2.94 bits per heavy atom. The van der Waals surface area contributed by atoms with Crippen molar-refractivity contribution in [1.82, 2.24) is 4.90 Å². The summed E-state index contributed by atoms with van der Waals surface area (Å²) in [6.07, 6.45) is 3.62. The summed E-state index contributed by atoms with van der Waals surface area (Å²) in [6, 6.07) is 6.92. The van der Waals surface area contributed by atoms with E-state index in [2.05, 4.69) is 21.9 Å². The van der Waals surface area contributed by atoms with Crippen molar-refractivity contribution in [1.29, 1.82) is 0 Å². The minimum atomic E-state index is 0.741. The number of piperazine rings is 1. The number of hydrogen-bond donors (Lipinski definition) is 0. The van der Waals surface area contributed by atoms with E-state index >= 15 is 0 Å². The van der Waals surface area contributed by atoms with Crippen LogP contribution in [0.15, 0.2) is 18.2 Å². The van der Waals surface area contributed by atoms with E-state index in [4.69, 9.17) is 0 Å². The molecule has 0 amide bonds. The van der Waals surface area contributed by atoms with Crippen molar-refractivity contribution in [2.45, 2.75) is 25.8 Å². The highest BCUT2D eigenvalue weighted by molar-refractivity contribution is 5.78. The van der Waals surface area contributed by atoms with Crippen LogP contribution < -0.4 is 4.90 Å². The lowest BCUT2D eigenvalue weighted by Crippen LogP contribution is -2.50. The van der Waals surface area contributed by atoms with E-state index in [-0.39, 0.29) is 0 Å². The molecule has 1 unspecified atom stereocenters. The minimum Gasteiger partial charge on any atom is -0.369 e. The maximum absolute atomic E-state index is 10.8. The first-order valence-electron chi connectivity index (χ1n) is 6.83. The standard InChI is InChI=1S/C15H20N2O/c1-12-9-14(5-4-13(12)11-18)17-8-7-16-6-2-3-15(16)10-17/h4-5,9,11,15H,2-3,6-8,10H2,1H3. The number of benzene rings is 1. The maximum atomic E-state index is 10.8. The van der Waals surface area contributed by atoms with Crippen LogP contribution in [0.5, 0.6) is 0 Å². The Kier molecular flexibility index (Phi) is 3.08. The molecule has 3 heteroatoms. The van der Waals surface area contributed by atoms with Crippen LogP contribution in [0.3, 0.4) is 0 Å². The van der Waals surface area contributed by atoms with Gasteiger partial charge in [0, 0.05) is 36.9 Å². The van der Waals surface area contributed by atoms with Crippen molar-refractivity contribution < 1.29 is 4.79 Å². The molecule has 2 saturated heterocycles. The van der Waals surface area contributed by atoms with Gasteiger partial charge >= 0.3 is 0 Å². The highest BCUT2D eigenvalue weighted by Gasteiger charge is 2.30. The van der Waals surface area contributed by atoms with E-state index in [9.17, 15) is 4.79 Å². The summed E-state index contributed by atoms with van der Waals surface area (Å²) < 4.78 is 0. The van der Waals surface area contributed by atoms with Gasteiger partial charge < -0.3 is 4.90 Å². The van der Waals surface area contributed by atoms with Crippen LogP contribution >= 0.6 is 0 Å². The Morgan fingerprint density at radius 2 is 2.17 bits per heavy atom. The van der Waals surface area contributed by atoms with Crippen LogP contribution in [0, 0.1) is 6.92 Å². The van der Waals surface area contributed by atoms with Gasteiger partial charge in [0.25, 0.3) is 0 Å². The minimum absolute atomic E-state index is 0.741. The predicted molar refractivity (Wildman–Crippen MR) is 73.4 cm³/mol. The zero-order chi connectivity index (χ0) is 12.5. The first-order chi connectivity index (χ1) is 8.78. The third-order valence-electron chi connectivity index (χ3n) is 4.33. The maximum Gasteiger partial charge on any atom is 0.150 e. The van der Waals surface area contributed by atoms with Crippen LogP contribution in [0.25, 0.3) is 0 Å². The van der Waals surface area contributed by atoms with Gasteiger partial charge in [-0.1, -0.05) is 0 Å². The molecule has 1 atom stereocenters. The molecule has 0 aromatic heterocycles. The normalized spacial score (nSPS) is 24.1. The topological polar surface area (TPSA) is 23.6 Å². The Hall–Kier alpha value is -1.35. The molecule has 2 aliphatic rings. The van der Waals surface area contributed by atoms with Crippen molar-refractivity contribution in [3.05, 3.63) is 29.3 Å². The van der Waals surface area contributed by atoms with Gasteiger partial charge in [-0.25, -0.2) is 0 Å². The molecule has 0 aliphatic carbocycles. The lowest BCUT2D eigenvalue weighted by Gasteiger charge is -2.39. The number of carbonyl (C=O) groups is 1. The fourth-order valence-corrected chi connectivity index (χ4v) is 3.21. The second-order valence-electron chi connectivity index (χ2n) is 5.44. The van der Waals surface area contributed by atoms with Gasteiger partial charge in [0.1, 0.15) is 6.29 Å². The van der Waals surface area contributed by atoms with Crippen LogP contribution in [0.2, 0.25) is 0 Å². The quantitative estimate of drug-likeness (QED) is 0.744. The molecule has 2 fully saturated rings. The molecule has 3 rings (SSSR count). The van der Waals surface area contributed by atoms with Crippen molar-refractivity contribution >= 4 is 12.0 Å². The first-order valence-corrected chi connectivity index (χ1v) is 6.83. The van der Waals surface area contributed by atoms with E-state index in [1.165, 1.54) is 31.6 Å². The molecule has 0 N–H and O–H groups in total. The number of fused-ring (bicyclic) bond motifs is 1. The number of hydrogen-bond acceptors (Lipinski definition) is 3. The van der Waals surface area contributed by atoms with Crippen molar-refractivity contribution in [3.8, 4) is 0 Å². The third-order valence-corrected chi connectivity index (χ3v) is 4.33. The average molecular weight is 244 g/mol. The lowest BCUT2D eigenvalue weighted by molar-refractivity contribution is 0.112. The molecular weight excluding hydrogens is 224 g/mol. The van der Waals surface area contributed by atoms with Crippen LogP contribution in [-0.2, 0) is 0 Å². The molecule has 0 radical (unpaired) electrons. The van der Waals surface area contributed by atoms with Gasteiger partial charge in [-0.15, -0.1) is 0 Å². The van der Waals surface area contributed by atoms with E-state index in [1.54, 1.807) is 0 Å². The second-order valence-corrected chi connectivity index (χ2v) is 5.44. The molecule has 1 aromatic rings. The molecule has 1 aromatic carbocycles. The molecule has 2 aliphatic heterocycles. The molecule has 2 heterocycles. The predicted octanol–water partition coefficient (Wildman–Crippen LogP) is 2.09. The van der Waals surface area contributed by atoms with Gasteiger partial charge in [-0.05, 0) is 50.1 Å². The van der Waals surface area contributed by atoms with Crippen molar-refractivity contribution in [2.75, 3.05) is 31.1 Å². The summed E-state index contributed by atoms with van der Waals surface area (Å²) in [7, 11) is 0. The summed E-state index contributed by atoms with van der Waals surface area (Å²) >= 11 is 0. The first kappa shape index (κ1) is 11.7. The molecule has 3 nitrogen and oxygen atoms in total. The summed E-state index contributed by atoms with van der Waals surface area (Å²) in [4.78, 5) is 15.9. The Labute approximate surface area is 108 Å². The van der Waals surface area contributed by atoms with Crippen molar-refractivity contribution in [3.63, 3.8) is 0 Å². The zero-order valence-electron chi connectivity index (χ0n) is 10.9. The second kappa shape index (κ2) is 4.73. The Balaban J connectivity index is 1.78. The Bertz CT molecular complexity index is 458. The highest BCUT2D eigenvalue weighted by Crippen LogP contribution is 2.26. The summed E-state index contributed by atoms with van der Waals surface area (Å²) in [5.41, 5.74) is 3.15. The monoisotopic (exact) mass is 244 g/mol. The zero-order valence-corrected chi connectivity index (χ0v) is 10.9. The fourth-order valence-electron chi connectivity index (χ4n) is 3.21. The van der Waals surface area contributed by atoms with Gasteiger partial charge in [-0.3, -0.25) is 9.69 Å². The number of anilines is 1. The molecular formula is C15H20N2O. The lowest BCUT2D eigenvalue weighted by atomic mass is 10.1. The Morgan fingerprint density at radius 1 is 1.28 bits per heavy atom. The molecule has 18 heavy (non-hydrogen) atoms. The van der Waals surface area contributed by atoms with Crippen LogP contribution in [0.4, 0.5) is 5.69 Å². The molecule has 0 bridgehead atoms.